The summed E-state index contributed by atoms with van der Waals surface area (Å²) < 4.78 is 104. The van der Waals surface area contributed by atoms with Gasteiger partial charge in [0.2, 0.25) is 0 Å². The van der Waals surface area contributed by atoms with Gasteiger partial charge >= 0.3 is 0 Å². The van der Waals surface area contributed by atoms with E-state index in [0.29, 0.717) is 11.5 Å². The zero-order chi connectivity index (χ0) is 66.9. The lowest BCUT2D eigenvalue weighted by Crippen LogP contribution is -2.68. The molecule has 3 heterocycles. The number of hydrogen-bond donors (Lipinski definition) is 2. The van der Waals surface area contributed by atoms with Gasteiger partial charge in [-0.2, -0.15) is 0 Å². The minimum absolute atomic E-state index is 0.00163. The van der Waals surface area contributed by atoms with Crippen molar-refractivity contribution in [2.75, 3.05) is 26.9 Å². The Kier molecular flexibility index (Phi) is 26.2. The Morgan fingerprint density at radius 2 is 0.582 bits per heavy atom. The van der Waals surface area contributed by atoms with Gasteiger partial charge in [0.1, 0.15) is 91.4 Å². The van der Waals surface area contributed by atoms with Gasteiger partial charge in [0.05, 0.1) is 73.2 Å². The third-order valence-electron chi connectivity index (χ3n) is 17.4. The fourth-order valence-electron chi connectivity index (χ4n) is 12.2. The van der Waals surface area contributed by atoms with Gasteiger partial charge in [-0.3, -0.25) is 0 Å². The molecule has 0 bridgehead atoms. The van der Waals surface area contributed by atoms with Crippen LogP contribution < -0.4 is 9.47 Å². The van der Waals surface area contributed by atoms with Gasteiger partial charge in [-0.25, -0.2) is 0 Å². The van der Waals surface area contributed by atoms with Gasteiger partial charge < -0.3 is 81.3 Å². The molecule has 0 amide bonds. The maximum atomic E-state index is 13.2. The Morgan fingerprint density at radius 3 is 0.980 bits per heavy atom. The number of ether oxygens (including phenoxy) is 15. The van der Waals surface area contributed by atoms with Crippen molar-refractivity contribution >= 4 is 0 Å². The zero-order valence-electron chi connectivity index (χ0n) is 54.9. The number of aliphatic hydroxyl groups is 2. The summed E-state index contributed by atoms with van der Waals surface area (Å²) in [7, 11) is 1.59. The van der Waals surface area contributed by atoms with Gasteiger partial charge in [0.25, 0.3) is 0 Å². The fraction of sp³-hybridized carbons (Fsp3) is 0.333. The van der Waals surface area contributed by atoms with E-state index in [2.05, 4.69) is 0 Å². The summed E-state index contributed by atoms with van der Waals surface area (Å²) in [6.07, 6.45) is -18.1. The van der Waals surface area contributed by atoms with Crippen molar-refractivity contribution < 1.29 is 81.3 Å². The van der Waals surface area contributed by atoms with Crippen LogP contribution in [0.25, 0.3) is 0 Å². The lowest BCUT2D eigenvalue weighted by Gasteiger charge is -2.51. The molecule has 9 aromatic carbocycles. The monoisotopic (exact) mass is 1330 g/mol. The molecule has 0 saturated carbocycles. The third kappa shape index (κ3) is 19.9. The molecule has 0 aromatic heterocycles. The van der Waals surface area contributed by atoms with Crippen LogP contribution in [0.2, 0.25) is 0 Å². The number of hydrogen-bond acceptors (Lipinski definition) is 17. The summed E-state index contributed by atoms with van der Waals surface area (Å²) in [4.78, 5) is 0. The van der Waals surface area contributed by atoms with Crippen molar-refractivity contribution in [3.63, 3.8) is 0 Å². The van der Waals surface area contributed by atoms with Crippen LogP contribution in [0.1, 0.15) is 44.5 Å². The molecule has 0 aliphatic carbocycles. The molecule has 98 heavy (non-hydrogen) atoms. The minimum atomic E-state index is -1.69. The Bertz CT molecular complexity index is 3650. The average Bonchev–Trinajstić information content (AvgIpc) is 0.763. The smallest absolute Gasteiger partial charge is 0.187 e. The van der Waals surface area contributed by atoms with Crippen molar-refractivity contribution in [3.05, 3.63) is 311 Å². The molecule has 15 atom stereocenters. The molecular weight excluding hydrogens is 1240 g/mol. The molecule has 3 fully saturated rings. The van der Waals surface area contributed by atoms with Crippen LogP contribution in [0.15, 0.2) is 267 Å². The minimum Gasteiger partial charge on any atom is -0.497 e. The Morgan fingerprint density at radius 1 is 0.276 bits per heavy atom. The van der Waals surface area contributed by atoms with Gasteiger partial charge in [0, 0.05) is 0 Å². The number of methoxy groups -OCH3 is 1. The van der Waals surface area contributed by atoms with E-state index < -0.39 is 92.1 Å². The second-order valence-electron chi connectivity index (χ2n) is 24.4. The third-order valence-corrected chi connectivity index (χ3v) is 17.4. The normalized spacial score (nSPS) is 25.5. The topological polar surface area (TPSA) is 179 Å². The van der Waals surface area contributed by atoms with E-state index in [1.165, 1.54) is 0 Å². The maximum absolute atomic E-state index is 13.2. The van der Waals surface area contributed by atoms with E-state index in [1.807, 2.05) is 243 Å². The van der Waals surface area contributed by atoms with Crippen LogP contribution >= 0.6 is 0 Å². The van der Waals surface area contributed by atoms with Gasteiger partial charge in [0.15, 0.2) is 18.9 Å². The Labute approximate surface area is 573 Å². The van der Waals surface area contributed by atoms with Crippen molar-refractivity contribution in [1.82, 2.24) is 0 Å². The summed E-state index contributed by atoms with van der Waals surface area (Å²) in [5, 5.41) is 26.0. The standard InChI is InChI=1S/C81H86O17/c1-84-65-42-44-66(45-43-65)87-56-69-73(97-80-70(82)74(90-50-61-34-18-6-19-35-61)71(88-48-59-30-14-4-15-31-59)67(95-80)54-85-46-57-26-10-2-11-27-57)76(77(79(83)94-69)92-52-63-38-22-8-23-39-63)98-81-78(93-53-64-40-24-9-25-41-64)75(91-51-62-36-20-7-21-37-62)72(89-49-60-32-16-5-17-33-60)68(96-81)55-86-47-58-28-12-3-13-29-58/h2-45,67-83H,46-56H2,1H3/t67-,68-,69-,70-,71-,72-,73-,74-,75+,76+,77-,78-,79+,80+,81+/m1/s1. The molecule has 17 heteroatoms. The van der Waals surface area contributed by atoms with Crippen molar-refractivity contribution in [2.24, 2.45) is 0 Å². The largest absolute Gasteiger partial charge is 0.497 e. The maximum Gasteiger partial charge on any atom is 0.187 e. The van der Waals surface area contributed by atoms with Crippen LogP contribution in [0.3, 0.4) is 0 Å². The summed E-state index contributed by atoms with van der Waals surface area (Å²) in [6.45, 7) is 0.960. The summed E-state index contributed by atoms with van der Waals surface area (Å²) in [6, 6.07) is 85.4. The predicted octanol–water partition coefficient (Wildman–Crippen LogP) is 12.3. The highest BCUT2D eigenvalue weighted by Crippen LogP contribution is 2.39. The second kappa shape index (κ2) is 36.7. The zero-order valence-corrected chi connectivity index (χ0v) is 54.9. The molecule has 2 N–H and O–H groups in total. The first-order valence-corrected chi connectivity index (χ1v) is 33.4. The fourth-order valence-corrected chi connectivity index (χ4v) is 12.2. The van der Waals surface area contributed by atoms with Crippen LogP contribution in [0.4, 0.5) is 0 Å². The van der Waals surface area contributed by atoms with Gasteiger partial charge in [-0.1, -0.05) is 243 Å². The second-order valence-corrected chi connectivity index (χ2v) is 24.4. The van der Waals surface area contributed by atoms with E-state index in [0.717, 1.165) is 44.5 Å². The van der Waals surface area contributed by atoms with Crippen LogP contribution in [0, 0.1) is 0 Å². The predicted molar refractivity (Wildman–Crippen MR) is 365 cm³/mol. The lowest BCUT2D eigenvalue weighted by molar-refractivity contribution is -0.394. The van der Waals surface area contributed by atoms with Gasteiger partial charge in [-0.15, -0.1) is 0 Å². The molecule has 3 aliphatic rings. The van der Waals surface area contributed by atoms with Crippen LogP contribution in [0.5, 0.6) is 11.5 Å². The molecule has 0 spiro atoms. The Hall–Kier alpha value is -8.02. The summed E-state index contributed by atoms with van der Waals surface area (Å²) in [5.41, 5.74) is 7.15. The average molecular weight is 1330 g/mol. The number of rotatable bonds is 34. The van der Waals surface area contributed by atoms with E-state index in [1.54, 1.807) is 31.4 Å². The first kappa shape index (κ1) is 69.9. The van der Waals surface area contributed by atoms with Crippen LogP contribution in [-0.2, 0) is 114 Å². The Balaban J connectivity index is 0.960. The van der Waals surface area contributed by atoms with Gasteiger partial charge in [-0.05, 0) is 68.8 Å². The summed E-state index contributed by atoms with van der Waals surface area (Å²) >= 11 is 0. The van der Waals surface area contributed by atoms with E-state index in [9.17, 15) is 10.2 Å². The number of aliphatic hydroxyl groups excluding tert-OH is 2. The SMILES string of the molecule is COc1ccc(OC[C@H]2O[C@H](O)[C@H](OCc3ccccc3)[C@@H](O[C@@H]3O[C@H](COCc4ccccc4)[C@@H](OCc4ccccc4)[C@H](OCc4ccccc4)[C@H]3OCc3ccccc3)[C@@H]2O[C@@H]2O[C@H](COCc3ccccc3)[C@@H](OCc3ccccc3)[C@H](OCc3ccccc3)[C@H]2O)cc1. The molecule has 3 aliphatic heterocycles. The molecular formula is C81H86O17. The first-order chi connectivity index (χ1) is 48.4. The molecule has 3 saturated heterocycles. The quantitative estimate of drug-likeness (QED) is 0.0389. The first-order valence-electron chi connectivity index (χ1n) is 33.4. The highest BCUT2D eigenvalue weighted by atomic mass is 16.8. The lowest BCUT2D eigenvalue weighted by atomic mass is 9.95. The molecule has 0 radical (unpaired) electrons. The van der Waals surface area contributed by atoms with E-state index in [4.69, 9.17) is 71.1 Å². The molecule has 0 unspecified atom stereocenters. The molecule has 17 nitrogen and oxygen atoms in total. The van der Waals surface area contributed by atoms with Crippen molar-refractivity contribution in [2.45, 2.75) is 145 Å². The summed E-state index contributed by atoms with van der Waals surface area (Å²) in [5.74, 6) is 1.08. The molecule has 9 aromatic rings. The molecule has 512 valence electrons. The van der Waals surface area contributed by atoms with E-state index >= 15 is 0 Å². The highest BCUT2D eigenvalue weighted by Gasteiger charge is 2.57. The van der Waals surface area contributed by atoms with Crippen LogP contribution in [-0.4, -0.2) is 129 Å². The van der Waals surface area contributed by atoms with Crippen molar-refractivity contribution in [3.8, 4) is 11.5 Å². The number of benzene rings is 9. The highest BCUT2D eigenvalue weighted by molar-refractivity contribution is 5.31. The molecule has 12 rings (SSSR count). The van der Waals surface area contributed by atoms with Crippen molar-refractivity contribution in [1.29, 1.82) is 0 Å². The van der Waals surface area contributed by atoms with E-state index in [-0.39, 0.29) is 72.7 Å².